The van der Waals surface area contributed by atoms with Gasteiger partial charge in [0.1, 0.15) is 0 Å². The Hall–Kier alpha value is -1.23. The van der Waals surface area contributed by atoms with Crippen LogP contribution in [-0.4, -0.2) is 32.6 Å². The summed E-state index contributed by atoms with van der Waals surface area (Å²) in [6, 6.07) is 5.69. The topological polar surface area (TPSA) is 68.9 Å². The standard InChI is InChI=1S/C15H20F3N3O2.HI/c1-22-9-8-14(6-7-14)10-20-13(19)21-11-4-2-3-5-12(11)23-15(16,17)18;/h2-5H,6-10H2,1H3,(H3,19,20,21);1H. The third-order valence-electron chi connectivity index (χ3n) is 3.75. The minimum atomic E-state index is -4.76. The number of hydrogen-bond acceptors (Lipinski definition) is 3. The van der Waals surface area contributed by atoms with Gasteiger partial charge in [-0.05, 0) is 36.8 Å². The molecule has 0 atom stereocenters. The molecule has 0 spiro atoms. The van der Waals surface area contributed by atoms with E-state index < -0.39 is 6.36 Å². The number of hydrogen-bond donors (Lipinski definition) is 2. The zero-order chi connectivity index (χ0) is 16.9. The summed E-state index contributed by atoms with van der Waals surface area (Å²) in [6.07, 6.45) is -1.75. The number of alkyl halides is 3. The molecule has 9 heteroatoms. The van der Waals surface area contributed by atoms with Crippen LogP contribution in [0.2, 0.25) is 0 Å². The molecule has 1 aromatic carbocycles. The molecule has 0 radical (unpaired) electrons. The second-order valence-corrected chi connectivity index (χ2v) is 5.61. The van der Waals surface area contributed by atoms with Crippen LogP contribution in [0.5, 0.6) is 5.75 Å². The van der Waals surface area contributed by atoms with Crippen molar-refractivity contribution in [3.8, 4) is 5.75 Å². The molecule has 0 aliphatic heterocycles. The van der Waals surface area contributed by atoms with E-state index in [0.717, 1.165) is 19.3 Å². The van der Waals surface area contributed by atoms with Crippen molar-refractivity contribution in [1.82, 2.24) is 0 Å². The zero-order valence-corrected chi connectivity index (χ0v) is 15.6. The van der Waals surface area contributed by atoms with Gasteiger partial charge in [-0.3, -0.25) is 4.99 Å². The number of anilines is 1. The van der Waals surface area contributed by atoms with Gasteiger partial charge in [0.25, 0.3) is 0 Å². The number of benzene rings is 1. The van der Waals surface area contributed by atoms with Crippen molar-refractivity contribution in [3.05, 3.63) is 24.3 Å². The van der Waals surface area contributed by atoms with Gasteiger partial charge >= 0.3 is 6.36 Å². The first kappa shape index (κ1) is 20.8. The number of nitrogens with two attached hydrogens (primary N) is 1. The Morgan fingerprint density at radius 2 is 2.00 bits per heavy atom. The van der Waals surface area contributed by atoms with Gasteiger partial charge in [-0.15, -0.1) is 37.1 Å². The number of methoxy groups -OCH3 is 1. The highest BCUT2D eigenvalue weighted by Gasteiger charge is 2.41. The highest BCUT2D eigenvalue weighted by atomic mass is 127. The number of aliphatic imine (C=N–C) groups is 1. The summed E-state index contributed by atoms with van der Waals surface area (Å²) < 4.78 is 46.1. The van der Waals surface area contributed by atoms with Gasteiger partial charge in [-0.1, -0.05) is 12.1 Å². The molecule has 1 fully saturated rings. The molecule has 0 saturated heterocycles. The van der Waals surface area contributed by atoms with Gasteiger partial charge in [0.2, 0.25) is 0 Å². The molecule has 2 rings (SSSR count). The minimum Gasteiger partial charge on any atom is -0.404 e. The third kappa shape index (κ3) is 6.71. The molecule has 5 nitrogen and oxygen atoms in total. The Morgan fingerprint density at radius 3 is 2.58 bits per heavy atom. The van der Waals surface area contributed by atoms with Crippen LogP contribution in [0.1, 0.15) is 19.3 Å². The molecular weight excluding hydrogens is 438 g/mol. The van der Waals surface area contributed by atoms with E-state index in [0.29, 0.717) is 13.2 Å². The molecule has 1 aliphatic carbocycles. The molecule has 136 valence electrons. The second kappa shape index (κ2) is 8.75. The Kier molecular flexibility index (Phi) is 7.58. The molecule has 0 aromatic heterocycles. The van der Waals surface area contributed by atoms with Crippen molar-refractivity contribution in [2.24, 2.45) is 16.1 Å². The lowest BCUT2D eigenvalue weighted by Crippen LogP contribution is -2.25. The fraction of sp³-hybridized carbons (Fsp3) is 0.533. The smallest absolute Gasteiger partial charge is 0.404 e. The molecule has 1 saturated carbocycles. The fourth-order valence-corrected chi connectivity index (χ4v) is 2.20. The first-order valence-electron chi connectivity index (χ1n) is 7.24. The quantitative estimate of drug-likeness (QED) is 0.371. The van der Waals surface area contributed by atoms with Crippen LogP contribution in [0.4, 0.5) is 18.9 Å². The van der Waals surface area contributed by atoms with Crippen LogP contribution in [0.3, 0.4) is 0 Å². The van der Waals surface area contributed by atoms with E-state index in [1.807, 2.05) is 0 Å². The Balaban J connectivity index is 0.00000288. The lowest BCUT2D eigenvalue weighted by molar-refractivity contribution is -0.274. The van der Waals surface area contributed by atoms with Crippen molar-refractivity contribution < 1.29 is 22.6 Å². The molecule has 1 aromatic rings. The summed E-state index contributed by atoms with van der Waals surface area (Å²) >= 11 is 0. The number of rotatable bonds is 7. The number of ether oxygens (including phenoxy) is 2. The Bertz CT molecular complexity index is 563. The van der Waals surface area contributed by atoms with Crippen LogP contribution in [0.15, 0.2) is 29.3 Å². The van der Waals surface area contributed by atoms with Gasteiger partial charge in [0.15, 0.2) is 11.7 Å². The lowest BCUT2D eigenvalue weighted by Gasteiger charge is -2.15. The predicted molar refractivity (Wildman–Crippen MR) is 96.8 cm³/mol. The summed E-state index contributed by atoms with van der Waals surface area (Å²) in [4.78, 5) is 4.24. The first-order chi connectivity index (χ1) is 10.8. The maximum absolute atomic E-state index is 12.4. The molecule has 3 N–H and O–H groups in total. The van der Waals surface area contributed by atoms with Crippen molar-refractivity contribution >= 4 is 35.6 Å². The van der Waals surface area contributed by atoms with Crippen molar-refractivity contribution in [2.75, 3.05) is 25.6 Å². The Morgan fingerprint density at radius 1 is 1.33 bits per heavy atom. The van der Waals surface area contributed by atoms with Crippen LogP contribution < -0.4 is 15.8 Å². The van der Waals surface area contributed by atoms with Crippen molar-refractivity contribution in [2.45, 2.75) is 25.6 Å². The number of nitrogens with one attached hydrogen (secondary N) is 1. The van der Waals surface area contributed by atoms with Gasteiger partial charge in [0, 0.05) is 20.3 Å². The van der Waals surface area contributed by atoms with Crippen LogP contribution in [0, 0.1) is 5.41 Å². The van der Waals surface area contributed by atoms with E-state index in [-0.39, 0.29) is 46.8 Å². The van der Waals surface area contributed by atoms with Crippen LogP contribution in [-0.2, 0) is 4.74 Å². The molecular formula is C15H21F3IN3O2. The van der Waals surface area contributed by atoms with Crippen molar-refractivity contribution in [1.29, 1.82) is 0 Å². The number of halogens is 4. The second-order valence-electron chi connectivity index (χ2n) is 5.61. The van der Waals surface area contributed by atoms with E-state index in [9.17, 15) is 13.2 Å². The summed E-state index contributed by atoms with van der Waals surface area (Å²) in [7, 11) is 1.65. The number of nitrogens with zero attached hydrogens (tertiary/aromatic N) is 1. The molecule has 1 aliphatic rings. The normalized spacial score (nSPS) is 16.2. The van der Waals surface area contributed by atoms with E-state index in [4.69, 9.17) is 10.5 Å². The van der Waals surface area contributed by atoms with Crippen LogP contribution in [0.25, 0.3) is 0 Å². The van der Waals surface area contributed by atoms with E-state index >= 15 is 0 Å². The van der Waals surface area contributed by atoms with Crippen molar-refractivity contribution in [3.63, 3.8) is 0 Å². The maximum atomic E-state index is 12.4. The number of para-hydroxylation sites is 2. The average molecular weight is 459 g/mol. The van der Waals surface area contributed by atoms with Crippen LogP contribution >= 0.6 is 24.0 Å². The van der Waals surface area contributed by atoms with E-state index in [1.54, 1.807) is 13.2 Å². The predicted octanol–water partition coefficient (Wildman–Crippen LogP) is 3.75. The highest BCUT2D eigenvalue weighted by molar-refractivity contribution is 14.0. The van der Waals surface area contributed by atoms with E-state index in [1.165, 1.54) is 18.2 Å². The molecule has 0 heterocycles. The molecule has 0 unspecified atom stereocenters. The lowest BCUT2D eigenvalue weighted by atomic mass is 10.0. The summed E-state index contributed by atoms with van der Waals surface area (Å²) in [5.41, 5.74) is 6.01. The summed E-state index contributed by atoms with van der Waals surface area (Å²) in [5.74, 6) is -0.286. The first-order valence-corrected chi connectivity index (χ1v) is 7.24. The average Bonchev–Trinajstić information content (AvgIpc) is 3.24. The van der Waals surface area contributed by atoms with E-state index in [2.05, 4.69) is 15.0 Å². The van der Waals surface area contributed by atoms with Gasteiger partial charge in [-0.2, -0.15) is 0 Å². The fourth-order valence-electron chi connectivity index (χ4n) is 2.20. The SMILES string of the molecule is COCCC1(CN=C(N)Nc2ccccc2OC(F)(F)F)CC1.I. The van der Waals surface area contributed by atoms with Gasteiger partial charge < -0.3 is 20.5 Å². The number of guanidine groups is 1. The zero-order valence-electron chi connectivity index (χ0n) is 13.2. The highest BCUT2D eigenvalue weighted by Crippen LogP contribution is 2.49. The summed E-state index contributed by atoms with van der Waals surface area (Å²) in [5, 5.41) is 2.66. The molecule has 0 bridgehead atoms. The molecule has 0 amide bonds. The third-order valence-corrected chi connectivity index (χ3v) is 3.75. The maximum Gasteiger partial charge on any atom is 0.573 e. The van der Waals surface area contributed by atoms with Gasteiger partial charge in [0.05, 0.1) is 5.69 Å². The molecule has 24 heavy (non-hydrogen) atoms. The minimum absolute atomic E-state index is 0. The monoisotopic (exact) mass is 459 g/mol. The largest absolute Gasteiger partial charge is 0.573 e. The van der Waals surface area contributed by atoms with Gasteiger partial charge in [-0.25, -0.2) is 0 Å². The Labute approximate surface area is 155 Å². The summed E-state index contributed by atoms with van der Waals surface area (Å²) in [6.45, 7) is 1.18.